The maximum absolute atomic E-state index is 13.1. The number of hydrogen-bond acceptors (Lipinski definition) is 3. The highest BCUT2D eigenvalue weighted by atomic mass is 16.3. The summed E-state index contributed by atoms with van der Waals surface area (Å²) in [5.41, 5.74) is 1.34. The number of fused-ring (bicyclic) bond motifs is 1. The van der Waals surface area contributed by atoms with E-state index in [1.54, 1.807) is 12.5 Å². The van der Waals surface area contributed by atoms with Crippen molar-refractivity contribution in [2.45, 2.75) is 33.4 Å². The third-order valence-corrected chi connectivity index (χ3v) is 4.26. The van der Waals surface area contributed by atoms with Crippen molar-refractivity contribution < 1.29 is 9.21 Å². The predicted octanol–water partition coefficient (Wildman–Crippen LogP) is 3.61. The first-order valence-electron chi connectivity index (χ1n) is 7.83. The number of carbonyl (C=O) groups excluding carboxylic acids is 1. The van der Waals surface area contributed by atoms with E-state index in [-0.39, 0.29) is 11.9 Å². The molecule has 0 aliphatic carbocycles. The maximum atomic E-state index is 13.1. The van der Waals surface area contributed by atoms with E-state index in [4.69, 9.17) is 4.42 Å². The lowest BCUT2D eigenvalue weighted by Crippen LogP contribution is -2.41. The van der Waals surface area contributed by atoms with Gasteiger partial charge < -0.3 is 9.32 Å². The van der Waals surface area contributed by atoms with Gasteiger partial charge in [0.1, 0.15) is 17.1 Å². The largest absolute Gasteiger partial charge is 0.467 e. The van der Waals surface area contributed by atoms with Gasteiger partial charge >= 0.3 is 0 Å². The molecule has 3 aromatic heterocycles. The molecule has 3 aromatic rings. The van der Waals surface area contributed by atoms with Crippen molar-refractivity contribution in [3.8, 4) is 0 Å². The molecular weight excluding hydrogens is 290 g/mol. The molecule has 0 N–H and O–H groups in total. The zero-order chi connectivity index (χ0) is 16.4. The van der Waals surface area contributed by atoms with Crippen LogP contribution in [-0.2, 0) is 6.54 Å². The average molecular weight is 311 g/mol. The fourth-order valence-corrected chi connectivity index (χ4v) is 2.57. The summed E-state index contributed by atoms with van der Waals surface area (Å²) < 4.78 is 7.26. The predicted molar refractivity (Wildman–Crippen MR) is 88.1 cm³/mol. The summed E-state index contributed by atoms with van der Waals surface area (Å²) in [6, 6.07) is 9.51. The van der Waals surface area contributed by atoms with E-state index >= 15 is 0 Å². The van der Waals surface area contributed by atoms with Gasteiger partial charge in [0.15, 0.2) is 0 Å². The fraction of sp³-hybridized carbons (Fsp3) is 0.333. The van der Waals surface area contributed by atoms with Crippen LogP contribution in [0.1, 0.15) is 37.0 Å². The van der Waals surface area contributed by atoms with Crippen LogP contribution in [0.25, 0.3) is 5.65 Å². The highest BCUT2D eigenvalue weighted by Crippen LogP contribution is 2.19. The molecule has 3 heterocycles. The van der Waals surface area contributed by atoms with E-state index in [2.05, 4.69) is 25.8 Å². The van der Waals surface area contributed by atoms with Crippen molar-refractivity contribution in [3.05, 3.63) is 60.4 Å². The summed E-state index contributed by atoms with van der Waals surface area (Å²) >= 11 is 0. The van der Waals surface area contributed by atoms with Gasteiger partial charge in [-0.15, -0.1) is 0 Å². The van der Waals surface area contributed by atoms with Crippen molar-refractivity contribution in [2.75, 3.05) is 0 Å². The van der Waals surface area contributed by atoms with Crippen LogP contribution in [0.5, 0.6) is 0 Å². The Morgan fingerprint density at radius 2 is 2.09 bits per heavy atom. The molecule has 0 saturated heterocycles. The van der Waals surface area contributed by atoms with Gasteiger partial charge in [-0.05, 0) is 37.1 Å². The third kappa shape index (κ3) is 2.99. The topological polar surface area (TPSA) is 50.8 Å². The number of hydrogen-bond donors (Lipinski definition) is 0. The second-order valence-electron chi connectivity index (χ2n) is 6.07. The molecule has 120 valence electrons. The van der Waals surface area contributed by atoms with Gasteiger partial charge in [0.25, 0.3) is 5.91 Å². The number of furan rings is 1. The van der Waals surface area contributed by atoms with Crippen molar-refractivity contribution in [1.29, 1.82) is 0 Å². The standard InChI is InChI=1S/C18H21N3O2/c1-13(2)14(3)21(12-15-7-6-10-23-15)18(22)16-11-19-17-8-4-5-9-20(16)17/h4-11,13-14H,12H2,1-3H3/t14-/m0/s1. The Kier molecular flexibility index (Phi) is 4.19. The van der Waals surface area contributed by atoms with Crippen LogP contribution in [0.4, 0.5) is 0 Å². The Balaban J connectivity index is 1.96. The van der Waals surface area contributed by atoms with Gasteiger partial charge in [0.2, 0.25) is 0 Å². The highest BCUT2D eigenvalue weighted by molar-refractivity contribution is 5.93. The summed E-state index contributed by atoms with van der Waals surface area (Å²) in [6.45, 7) is 6.74. The number of nitrogens with zero attached hydrogens (tertiary/aromatic N) is 3. The smallest absolute Gasteiger partial charge is 0.273 e. The lowest BCUT2D eigenvalue weighted by molar-refractivity contribution is 0.0604. The Morgan fingerprint density at radius 1 is 1.26 bits per heavy atom. The Hall–Kier alpha value is -2.56. The minimum absolute atomic E-state index is 0.0405. The monoisotopic (exact) mass is 311 g/mol. The molecule has 0 spiro atoms. The molecule has 0 unspecified atom stereocenters. The van der Waals surface area contributed by atoms with Gasteiger partial charge in [-0.1, -0.05) is 19.9 Å². The zero-order valence-electron chi connectivity index (χ0n) is 13.6. The summed E-state index contributed by atoms with van der Waals surface area (Å²) in [7, 11) is 0. The Bertz CT molecular complexity index is 790. The molecule has 0 aliphatic heterocycles. The third-order valence-electron chi connectivity index (χ3n) is 4.26. The molecule has 1 amide bonds. The molecule has 1 atom stereocenters. The molecule has 3 rings (SSSR count). The van der Waals surface area contributed by atoms with Crippen LogP contribution in [0, 0.1) is 5.92 Å². The molecule has 0 saturated carbocycles. The molecular formula is C18H21N3O2. The minimum atomic E-state index is -0.0405. The molecule has 23 heavy (non-hydrogen) atoms. The van der Waals surface area contributed by atoms with Crippen LogP contribution in [0.2, 0.25) is 0 Å². The molecule has 0 aromatic carbocycles. The van der Waals surface area contributed by atoms with Crippen LogP contribution >= 0.6 is 0 Å². The van der Waals surface area contributed by atoms with Crippen molar-refractivity contribution in [2.24, 2.45) is 5.92 Å². The van der Waals surface area contributed by atoms with Crippen molar-refractivity contribution in [1.82, 2.24) is 14.3 Å². The Morgan fingerprint density at radius 3 is 2.78 bits per heavy atom. The fourth-order valence-electron chi connectivity index (χ4n) is 2.57. The van der Waals surface area contributed by atoms with Gasteiger partial charge in [-0.25, -0.2) is 4.98 Å². The normalized spacial score (nSPS) is 12.7. The number of carbonyl (C=O) groups is 1. The summed E-state index contributed by atoms with van der Waals surface area (Å²) in [5, 5.41) is 0. The lowest BCUT2D eigenvalue weighted by Gasteiger charge is -2.31. The quantitative estimate of drug-likeness (QED) is 0.723. The molecule has 0 fully saturated rings. The molecule has 5 heteroatoms. The first-order chi connectivity index (χ1) is 11.1. The average Bonchev–Trinajstić information content (AvgIpc) is 3.20. The number of amides is 1. The SMILES string of the molecule is CC(C)[C@H](C)N(Cc1ccco1)C(=O)c1cnc2ccccn12. The number of imidazole rings is 1. The zero-order valence-corrected chi connectivity index (χ0v) is 13.6. The van der Waals surface area contributed by atoms with E-state index in [0.29, 0.717) is 18.2 Å². The van der Waals surface area contributed by atoms with Gasteiger partial charge in [-0.3, -0.25) is 9.20 Å². The van der Waals surface area contributed by atoms with Gasteiger partial charge in [0.05, 0.1) is 19.0 Å². The van der Waals surface area contributed by atoms with E-state index in [9.17, 15) is 4.79 Å². The summed E-state index contributed by atoms with van der Waals surface area (Å²) in [5.74, 6) is 1.08. The first-order valence-corrected chi connectivity index (χ1v) is 7.83. The van der Waals surface area contributed by atoms with Gasteiger partial charge in [0, 0.05) is 12.2 Å². The molecule has 0 radical (unpaired) electrons. The van der Waals surface area contributed by atoms with Crippen molar-refractivity contribution in [3.63, 3.8) is 0 Å². The van der Waals surface area contributed by atoms with E-state index in [1.165, 1.54) is 0 Å². The first kappa shape index (κ1) is 15.3. The van der Waals surface area contributed by atoms with Gasteiger partial charge in [-0.2, -0.15) is 0 Å². The number of aromatic nitrogens is 2. The second-order valence-corrected chi connectivity index (χ2v) is 6.07. The van der Waals surface area contributed by atoms with Crippen LogP contribution in [-0.4, -0.2) is 26.2 Å². The molecule has 0 aliphatic rings. The minimum Gasteiger partial charge on any atom is -0.467 e. The number of rotatable bonds is 5. The van der Waals surface area contributed by atoms with E-state index in [1.807, 2.05) is 45.8 Å². The van der Waals surface area contributed by atoms with Crippen LogP contribution in [0.3, 0.4) is 0 Å². The summed E-state index contributed by atoms with van der Waals surface area (Å²) in [6.07, 6.45) is 5.13. The molecule has 5 nitrogen and oxygen atoms in total. The van der Waals surface area contributed by atoms with E-state index < -0.39 is 0 Å². The van der Waals surface area contributed by atoms with Crippen LogP contribution in [0.15, 0.2) is 53.4 Å². The summed E-state index contributed by atoms with van der Waals surface area (Å²) in [4.78, 5) is 19.3. The number of pyridine rings is 1. The Labute approximate surface area is 135 Å². The lowest BCUT2D eigenvalue weighted by atomic mass is 10.0. The van der Waals surface area contributed by atoms with E-state index in [0.717, 1.165) is 11.4 Å². The second kappa shape index (κ2) is 6.28. The molecule has 0 bridgehead atoms. The highest BCUT2D eigenvalue weighted by Gasteiger charge is 2.26. The van der Waals surface area contributed by atoms with Crippen LogP contribution < -0.4 is 0 Å². The maximum Gasteiger partial charge on any atom is 0.273 e. The van der Waals surface area contributed by atoms with Crippen molar-refractivity contribution >= 4 is 11.6 Å².